The Bertz CT molecular complexity index is 615. The largest absolute Gasteiger partial charge is 0.496 e. The second kappa shape index (κ2) is 6.25. The molecular formula is C16H17ClFNO. The third-order valence-corrected chi connectivity index (χ3v) is 3.65. The van der Waals surface area contributed by atoms with Crippen LogP contribution in [-0.2, 0) is 0 Å². The van der Waals surface area contributed by atoms with Crippen LogP contribution in [0.4, 0.5) is 4.39 Å². The van der Waals surface area contributed by atoms with Crippen LogP contribution in [0.25, 0.3) is 0 Å². The van der Waals surface area contributed by atoms with E-state index in [4.69, 9.17) is 16.3 Å². The van der Waals surface area contributed by atoms with E-state index in [1.807, 2.05) is 32.2 Å². The van der Waals surface area contributed by atoms with Gasteiger partial charge < -0.3 is 10.1 Å². The van der Waals surface area contributed by atoms with E-state index in [9.17, 15) is 4.39 Å². The Morgan fingerprint density at radius 2 is 1.95 bits per heavy atom. The molecule has 4 heteroatoms. The number of methoxy groups -OCH3 is 1. The minimum atomic E-state index is -0.296. The van der Waals surface area contributed by atoms with E-state index in [2.05, 4.69) is 5.32 Å². The first-order valence-electron chi connectivity index (χ1n) is 6.33. The van der Waals surface area contributed by atoms with Gasteiger partial charge in [0.2, 0.25) is 0 Å². The summed E-state index contributed by atoms with van der Waals surface area (Å²) in [5, 5.41) is 3.72. The van der Waals surface area contributed by atoms with Gasteiger partial charge in [0.25, 0.3) is 0 Å². The maximum atomic E-state index is 13.5. The molecule has 1 N–H and O–H groups in total. The molecule has 2 aromatic carbocycles. The Morgan fingerprint density at radius 3 is 2.55 bits per heavy atom. The number of rotatable bonds is 4. The van der Waals surface area contributed by atoms with E-state index < -0.39 is 0 Å². The van der Waals surface area contributed by atoms with Gasteiger partial charge in [-0.05, 0) is 54.9 Å². The molecule has 20 heavy (non-hydrogen) atoms. The molecule has 0 heterocycles. The zero-order valence-electron chi connectivity index (χ0n) is 11.7. The third-order valence-electron chi connectivity index (χ3n) is 3.31. The van der Waals surface area contributed by atoms with Crippen LogP contribution in [0.3, 0.4) is 0 Å². The molecule has 0 saturated carbocycles. The maximum Gasteiger partial charge on any atom is 0.123 e. The van der Waals surface area contributed by atoms with Crippen molar-refractivity contribution in [3.05, 3.63) is 63.9 Å². The van der Waals surface area contributed by atoms with E-state index in [0.717, 1.165) is 22.4 Å². The molecule has 1 unspecified atom stereocenters. The zero-order chi connectivity index (χ0) is 14.7. The molecule has 0 saturated heterocycles. The molecule has 0 fully saturated rings. The molecule has 0 radical (unpaired) electrons. The van der Waals surface area contributed by atoms with Crippen molar-refractivity contribution in [1.82, 2.24) is 5.32 Å². The number of nitrogens with one attached hydrogen (secondary N) is 1. The Morgan fingerprint density at radius 1 is 1.20 bits per heavy atom. The smallest absolute Gasteiger partial charge is 0.123 e. The molecule has 1 atom stereocenters. The first-order chi connectivity index (χ1) is 9.56. The highest BCUT2D eigenvalue weighted by Gasteiger charge is 2.17. The molecule has 2 rings (SSSR count). The fraction of sp³-hybridized carbons (Fsp3) is 0.250. The van der Waals surface area contributed by atoms with Gasteiger partial charge in [-0.3, -0.25) is 0 Å². The Kier molecular flexibility index (Phi) is 4.63. The summed E-state index contributed by atoms with van der Waals surface area (Å²) in [6, 6.07) is 10.1. The fourth-order valence-electron chi connectivity index (χ4n) is 2.32. The lowest BCUT2D eigenvalue weighted by atomic mass is 9.97. The SMILES string of the molecule is CNC(c1ccc(OC)c(C)c1)c1cc(F)ccc1Cl. The first-order valence-corrected chi connectivity index (χ1v) is 6.71. The lowest BCUT2D eigenvalue weighted by Gasteiger charge is -2.20. The van der Waals surface area contributed by atoms with E-state index in [1.54, 1.807) is 13.2 Å². The van der Waals surface area contributed by atoms with Crippen LogP contribution in [0.5, 0.6) is 5.75 Å². The Labute approximate surface area is 123 Å². The van der Waals surface area contributed by atoms with Crippen molar-refractivity contribution in [2.75, 3.05) is 14.2 Å². The monoisotopic (exact) mass is 293 g/mol. The lowest BCUT2D eigenvalue weighted by molar-refractivity contribution is 0.411. The van der Waals surface area contributed by atoms with Gasteiger partial charge in [0.15, 0.2) is 0 Å². The maximum absolute atomic E-state index is 13.5. The van der Waals surface area contributed by atoms with Gasteiger partial charge in [-0.15, -0.1) is 0 Å². The zero-order valence-corrected chi connectivity index (χ0v) is 12.5. The standard InChI is InChI=1S/C16H17ClFNO/c1-10-8-11(4-7-15(10)20-3)16(19-2)13-9-12(18)5-6-14(13)17/h4-9,16,19H,1-3H3. The average molecular weight is 294 g/mol. The van der Waals surface area contributed by atoms with E-state index in [1.165, 1.54) is 12.1 Å². The normalized spacial score (nSPS) is 12.2. The molecule has 0 aliphatic heterocycles. The molecule has 0 spiro atoms. The van der Waals surface area contributed by atoms with Crippen LogP contribution >= 0.6 is 11.6 Å². The number of ether oxygens (including phenoxy) is 1. The summed E-state index contributed by atoms with van der Waals surface area (Å²) >= 11 is 6.19. The van der Waals surface area contributed by atoms with E-state index in [-0.39, 0.29) is 11.9 Å². The Balaban J connectivity index is 2.46. The van der Waals surface area contributed by atoms with Crippen molar-refractivity contribution in [3.8, 4) is 5.75 Å². The van der Waals surface area contributed by atoms with Crippen molar-refractivity contribution in [3.63, 3.8) is 0 Å². The van der Waals surface area contributed by atoms with Crippen molar-refractivity contribution >= 4 is 11.6 Å². The van der Waals surface area contributed by atoms with E-state index in [0.29, 0.717) is 5.02 Å². The van der Waals surface area contributed by atoms with Crippen LogP contribution in [0, 0.1) is 12.7 Å². The third kappa shape index (κ3) is 2.94. The van der Waals surface area contributed by atoms with Crippen LogP contribution in [-0.4, -0.2) is 14.2 Å². The summed E-state index contributed by atoms with van der Waals surface area (Å²) in [5.41, 5.74) is 2.76. The summed E-state index contributed by atoms with van der Waals surface area (Å²) in [6.07, 6.45) is 0. The predicted molar refractivity (Wildman–Crippen MR) is 80.0 cm³/mol. The number of hydrogen-bond acceptors (Lipinski definition) is 2. The number of hydrogen-bond donors (Lipinski definition) is 1. The number of halogens is 2. The van der Waals surface area contributed by atoms with Gasteiger partial charge in [0, 0.05) is 5.02 Å². The van der Waals surface area contributed by atoms with Gasteiger partial charge in [-0.1, -0.05) is 23.7 Å². The highest BCUT2D eigenvalue weighted by Crippen LogP contribution is 2.31. The van der Waals surface area contributed by atoms with Crippen LogP contribution < -0.4 is 10.1 Å². The Hall–Kier alpha value is -1.58. The topological polar surface area (TPSA) is 21.3 Å². The second-order valence-electron chi connectivity index (χ2n) is 4.62. The highest BCUT2D eigenvalue weighted by molar-refractivity contribution is 6.31. The molecule has 0 bridgehead atoms. The molecule has 2 nitrogen and oxygen atoms in total. The lowest BCUT2D eigenvalue weighted by Crippen LogP contribution is -2.18. The molecule has 0 aliphatic carbocycles. The summed E-state index contributed by atoms with van der Waals surface area (Å²) in [5.74, 6) is 0.531. The van der Waals surface area contributed by atoms with Crippen LogP contribution in [0.2, 0.25) is 5.02 Å². The first kappa shape index (κ1) is 14.8. The van der Waals surface area contributed by atoms with Gasteiger partial charge in [0.1, 0.15) is 11.6 Å². The second-order valence-corrected chi connectivity index (χ2v) is 5.02. The summed E-state index contributed by atoms with van der Waals surface area (Å²) in [4.78, 5) is 0. The fourth-order valence-corrected chi connectivity index (χ4v) is 2.55. The van der Waals surface area contributed by atoms with Gasteiger partial charge in [-0.25, -0.2) is 4.39 Å². The van der Waals surface area contributed by atoms with Crippen LogP contribution in [0.15, 0.2) is 36.4 Å². The van der Waals surface area contributed by atoms with Crippen LogP contribution in [0.1, 0.15) is 22.7 Å². The van der Waals surface area contributed by atoms with E-state index >= 15 is 0 Å². The summed E-state index contributed by atoms with van der Waals surface area (Å²) in [7, 11) is 3.46. The molecule has 2 aromatic rings. The van der Waals surface area contributed by atoms with Crippen molar-refractivity contribution in [2.24, 2.45) is 0 Å². The average Bonchev–Trinajstić information content (AvgIpc) is 2.44. The minimum absolute atomic E-state index is 0.164. The molecule has 106 valence electrons. The van der Waals surface area contributed by atoms with Crippen molar-refractivity contribution in [2.45, 2.75) is 13.0 Å². The predicted octanol–water partition coefficient (Wildman–Crippen LogP) is 4.10. The quantitative estimate of drug-likeness (QED) is 0.916. The molecular weight excluding hydrogens is 277 g/mol. The number of benzene rings is 2. The molecule has 0 amide bonds. The highest BCUT2D eigenvalue weighted by atomic mass is 35.5. The molecule has 0 aromatic heterocycles. The number of aryl methyl sites for hydroxylation is 1. The van der Waals surface area contributed by atoms with Gasteiger partial charge in [0.05, 0.1) is 13.2 Å². The van der Waals surface area contributed by atoms with Gasteiger partial charge >= 0.3 is 0 Å². The van der Waals surface area contributed by atoms with Gasteiger partial charge in [-0.2, -0.15) is 0 Å². The summed E-state index contributed by atoms with van der Waals surface area (Å²) < 4.78 is 18.7. The van der Waals surface area contributed by atoms with Crippen molar-refractivity contribution < 1.29 is 9.13 Å². The minimum Gasteiger partial charge on any atom is -0.496 e. The molecule has 0 aliphatic rings. The summed E-state index contributed by atoms with van der Waals surface area (Å²) in [6.45, 7) is 1.97. The van der Waals surface area contributed by atoms with Crippen molar-refractivity contribution in [1.29, 1.82) is 0 Å².